The molecule has 1 saturated heterocycles. The summed E-state index contributed by atoms with van der Waals surface area (Å²) in [5.74, 6) is -2.45. The normalized spacial score (nSPS) is 18.0. The van der Waals surface area contributed by atoms with Crippen molar-refractivity contribution < 1.29 is 24.3 Å². The Kier molecular flexibility index (Phi) is 11.9. The van der Waals surface area contributed by atoms with Gasteiger partial charge in [-0.2, -0.15) is 0 Å². The van der Waals surface area contributed by atoms with Crippen LogP contribution in [0.2, 0.25) is 0 Å². The van der Waals surface area contributed by atoms with Crippen molar-refractivity contribution in [2.45, 2.75) is 69.5 Å². The molecule has 172 valence electrons. The fourth-order valence-corrected chi connectivity index (χ4v) is 3.39. The van der Waals surface area contributed by atoms with Gasteiger partial charge in [0.2, 0.25) is 17.7 Å². The fraction of sp³-hybridized carbons (Fsp3) is 0.789. The smallest absolute Gasteiger partial charge is 0.326 e. The van der Waals surface area contributed by atoms with Crippen molar-refractivity contribution in [2.24, 2.45) is 17.2 Å². The van der Waals surface area contributed by atoms with Crippen molar-refractivity contribution in [3.05, 3.63) is 0 Å². The Bertz CT molecular complexity index is 588. The number of carboxylic acids is 1. The van der Waals surface area contributed by atoms with Crippen LogP contribution >= 0.6 is 0 Å². The maximum atomic E-state index is 12.6. The molecule has 0 bridgehead atoms. The van der Waals surface area contributed by atoms with Crippen LogP contribution in [0.4, 0.5) is 0 Å². The molecule has 11 nitrogen and oxygen atoms in total. The van der Waals surface area contributed by atoms with E-state index in [2.05, 4.69) is 10.6 Å². The number of nitrogens with two attached hydrogens (primary N) is 3. The van der Waals surface area contributed by atoms with Crippen LogP contribution in [0, 0.1) is 0 Å². The molecule has 0 aromatic rings. The molecule has 30 heavy (non-hydrogen) atoms. The first-order chi connectivity index (χ1) is 14.3. The van der Waals surface area contributed by atoms with Gasteiger partial charge in [0.1, 0.15) is 12.1 Å². The van der Waals surface area contributed by atoms with Gasteiger partial charge >= 0.3 is 5.97 Å². The average molecular weight is 429 g/mol. The number of carbonyl (C=O) groups excluding carboxylic acids is 3. The largest absolute Gasteiger partial charge is 0.480 e. The van der Waals surface area contributed by atoms with E-state index in [1.165, 1.54) is 4.90 Å². The van der Waals surface area contributed by atoms with E-state index in [0.717, 1.165) is 6.42 Å². The van der Waals surface area contributed by atoms with Gasteiger partial charge in [-0.3, -0.25) is 14.4 Å². The molecule has 9 N–H and O–H groups in total. The number of hydrogen-bond acceptors (Lipinski definition) is 7. The van der Waals surface area contributed by atoms with E-state index in [4.69, 9.17) is 17.2 Å². The summed E-state index contributed by atoms with van der Waals surface area (Å²) >= 11 is 0. The molecule has 1 fully saturated rings. The number of nitrogens with zero attached hydrogens (tertiary/aromatic N) is 1. The molecule has 0 aliphatic carbocycles. The van der Waals surface area contributed by atoms with Crippen molar-refractivity contribution >= 4 is 23.7 Å². The maximum absolute atomic E-state index is 12.6. The quantitative estimate of drug-likeness (QED) is 0.175. The fourth-order valence-electron chi connectivity index (χ4n) is 3.39. The van der Waals surface area contributed by atoms with E-state index in [0.29, 0.717) is 64.6 Å². The molecule has 0 radical (unpaired) electrons. The third-order valence-electron chi connectivity index (χ3n) is 5.16. The minimum atomic E-state index is -1.05. The monoisotopic (exact) mass is 428 g/mol. The van der Waals surface area contributed by atoms with E-state index in [1.54, 1.807) is 0 Å². The molecule has 1 aliphatic heterocycles. The lowest BCUT2D eigenvalue weighted by Gasteiger charge is -2.23. The highest BCUT2D eigenvalue weighted by Crippen LogP contribution is 2.17. The summed E-state index contributed by atoms with van der Waals surface area (Å²) in [5.41, 5.74) is 16.8. The van der Waals surface area contributed by atoms with Gasteiger partial charge in [-0.05, 0) is 58.0 Å². The predicted octanol–water partition coefficient (Wildman–Crippen LogP) is -1.75. The Morgan fingerprint density at radius 1 is 1.00 bits per heavy atom. The molecule has 1 aliphatic rings. The van der Waals surface area contributed by atoms with E-state index in [1.807, 2.05) is 0 Å². The van der Waals surface area contributed by atoms with Crippen LogP contribution in [0.25, 0.3) is 0 Å². The summed E-state index contributed by atoms with van der Waals surface area (Å²) in [6.07, 6.45) is 4.62. The number of amides is 3. The molecule has 0 aromatic heterocycles. The summed E-state index contributed by atoms with van der Waals surface area (Å²) in [5, 5.41) is 14.4. The molecule has 1 heterocycles. The predicted molar refractivity (Wildman–Crippen MR) is 111 cm³/mol. The molecule has 1 rings (SSSR count). The van der Waals surface area contributed by atoms with Crippen LogP contribution in [0.3, 0.4) is 0 Å². The zero-order valence-electron chi connectivity index (χ0n) is 17.5. The summed E-state index contributed by atoms with van der Waals surface area (Å²) in [4.78, 5) is 49.8. The Morgan fingerprint density at radius 3 is 2.23 bits per heavy atom. The van der Waals surface area contributed by atoms with Crippen LogP contribution in [0.1, 0.15) is 51.4 Å². The van der Waals surface area contributed by atoms with Gasteiger partial charge in [0.05, 0.1) is 12.6 Å². The zero-order chi connectivity index (χ0) is 22.5. The lowest BCUT2D eigenvalue weighted by molar-refractivity contribution is -0.148. The van der Waals surface area contributed by atoms with Gasteiger partial charge in [0, 0.05) is 6.54 Å². The van der Waals surface area contributed by atoms with E-state index < -0.39 is 41.8 Å². The Labute approximate surface area is 177 Å². The molecule has 0 spiro atoms. The lowest BCUT2D eigenvalue weighted by atomic mass is 10.1. The second kappa shape index (κ2) is 13.9. The molecule has 3 unspecified atom stereocenters. The van der Waals surface area contributed by atoms with Gasteiger partial charge in [0.25, 0.3) is 0 Å². The standard InChI is InChI=1S/C19H36N6O5/c20-9-3-1-6-13(22)17(27)24-14(7-2-4-10-21)18(28)23-12-16(26)25-11-5-8-15(25)19(29)30/h13-15H,1-12,20-22H2,(H,23,28)(H,24,27)(H,29,30). The average Bonchev–Trinajstić information content (AvgIpc) is 3.21. The molecule has 11 heteroatoms. The Balaban J connectivity index is 2.61. The molecule has 0 aromatic carbocycles. The second-order valence-electron chi connectivity index (χ2n) is 7.54. The molecular formula is C19H36N6O5. The minimum absolute atomic E-state index is 0.325. The lowest BCUT2D eigenvalue weighted by Crippen LogP contribution is -2.53. The molecule has 0 saturated carbocycles. The third-order valence-corrected chi connectivity index (χ3v) is 5.16. The van der Waals surface area contributed by atoms with E-state index >= 15 is 0 Å². The highest BCUT2D eigenvalue weighted by atomic mass is 16.4. The van der Waals surface area contributed by atoms with Gasteiger partial charge in [-0.15, -0.1) is 0 Å². The van der Waals surface area contributed by atoms with Gasteiger partial charge in [-0.1, -0.05) is 6.42 Å². The summed E-state index contributed by atoms with van der Waals surface area (Å²) in [6.45, 7) is 1.01. The first kappa shape index (κ1) is 25.8. The Hall–Kier alpha value is -2.24. The highest BCUT2D eigenvalue weighted by Gasteiger charge is 2.34. The van der Waals surface area contributed by atoms with E-state index in [-0.39, 0.29) is 6.54 Å². The molecule has 3 atom stereocenters. The summed E-state index contributed by atoms with van der Waals surface area (Å²) in [7, 11) is 0. The first-order valence-corrected chi connectivity index (χ1v) is 10.6. The van der Waals surface area contributed by atoms with Crippen LogP contribution in [0.15, 0.2) is 0 Å². The van der Waals surface area contributed by atoms with Gasteiger partial charge in [-0.25, -0.2) is 4.79 Å². The van der Waals surface area contributed by atoms with Crippen LogP contribution in [0.5, 0.6) is 0 Å². The minimum Gasteiger partial charge on any atom is -0.480 e. The molecular weight excluding hydrogens is 392 g/mol. The zero-order valence-corrected chi connectivity index (χ0v) is 17.5. The van der Waals surface area contributed by atoms with Gasteiger partial charge < -0.3 is 37.8 Å². The van der Waals surface area contributed by atoms with E-state index in [9.17, 15) is 24.3 Å². The first-order valence-electron chi connectivity index (χ1n) is 10.6. The van der Waals surface area contributed by atoms with Crippen LogP contribution in [-0.4, -0.2) is 78.0 Å². The number of carbonyl (C=O) groups is 4. The highest BCUT2D eigenvalue weighted by molar-refractivity contribution is 5.92. The van der Waals surface area contributed by atoms with Crippen molar-refractivity contribution in [2.75, 3.05) is 26.2 Å². The second-order valence-corrected chi connectivity index (χ2v) is 7.54. The summed E-state index contributed by atoms with van der Waals surface area (Å²) < 4.78 is 0. The van der Waals surface area contributed by atoms with Crippen molar-refractivity contribution in [1.29, 1.82) is 0 Å². The van der Waals surface area contributed by atoms with Crippen molar-refractivity contribution in [3.8, 4) is 0 Å². The van der Waals surface area contributed by atoms with Crippen molar-refractivity contribution in [3.63, 3.8) is 0 Å². The number of rotatable bonds is 14. The number of likely N-dealkylation sites (tertiary alicyclic amines) is 1. The maximum Gasteiger partial charge on any atom is 0.326 e. The number of carboxylic acid groups (broad SMARTS) is 1. The number of nitrogens with one attached hydrogen (secondary N) is 2. The van der Waals surface area contributed by atoms with Gasteiger partial charge in [0.15, 0.2) is 0 Å². The topological polar surface area (TPSA) is 194 Å². The Morgan fingerprint density at radius 2 is 1.63 bits per heavy atom. The third kappa shape index (κ3) is 8.64. The number of aliphatic carboxylic acids is 1. The van der Waals surface area contributed by atoms with Crippen LogP contribution in [-0.2, 0) is 19.2 Å². The number of unbranched alkanes of at least 4 members (excludes halogenated alkanes) is 2. The van der Waals surface area contributed by atoms with Crippen molar-refractivity contribution in [1.82, 2.24) is 15.5 Å². The molecule has 3 amide bonds. The number of hydrogen-bond donors (Lipinski definition) is 6. The van der Waals surface area contributed by atoms with Crippen LogP contribution < -0.4 is 27.8 Å². The summed E-state index contributed by atoms with van der Waals surface area (Å²) in [6, 6.07) is -2.45. The SMILES string of the molecule is NCCCCC(N)C(=O)NC(CCCCN)C(=O)NCC(=O)N1CCCC1C(=O)O.